The smallest absolute Gasteiger partial charge is 0.166 e. The highest BCUT2D eigenvalue weighted by molar-refractivity contribution is 7.99. The van der Waals surface area contributed by atoms with E-state index < -0.39 is 0 Å². The predicted molar refractivity (Wildman–Crippen MR) is 79.3 cm³/mol. The second-order valence-electron chi connectivity index (χ2n) is 4.67. The van der Waals surface area contributed by atoms with Crippen LogP contribution in [0.1, 0.15) is 25.8 Å². The molecule has 0 spiro atoms. The zero-order valence-electron chi connectivity index (χ0n) is 11.3. The Labute approximate surface area is 113 Å². The largest absolute Gasteiger partial charge is 0.333 e. The second-order valence-corrected chi connectivity index (χ2v) is 5.76. The zero-order valence-corrected chi connectivity index (χ0v) is 12.1. The Morgan fingerprint density at radius 1 is 1.44 bits per heavy atom. The number of benzene rings is 1. The van der Waals surface area contributed by atoms with E-state index in [9.17, 15) is 0 Å². The number of hydrogen-bond acceptors (Lipinski definition) is 3. The van der Waals surface area contributed by atoms with Crippen LogP contribution in [0.5, 0.6) is 0 Å². The first kappa shape index (κ1) is 13.4. The monoisotopic (exact) mass is 263 g/mol. The van der Waals surface area contributed by atoms with Gasteiger partial charge in [-0.2, -0.15) is 0 Å². The van der Waals surface area contributed by atoms with E-state index in [-0.39, 0.29) is 0 Å². The van der Waals surface area contributed by atoms with Crippen LogP contribution in [0, 0.1) is 6.92 Å². The van der Waals surface area contributed by atoms with Gasteiger partial charge in [-0.05, 0) is 38.0 Å². The van der Waals surface area contributed by atoms with Crippen molar-refractivity contribution in [2.24, 2.45) is 0 Å². The summed E-state index contributed by atoms with van der Waals surface area (Å²) in [5.74, 6) is 1.04. The Morgan fingerprint density at radius 2 is 2.28 bits per heavy atom. The quantitative estimate of drug-likeness (QED) is 0.620. The Balaban J connectivity index is 1.88. The molecule has 3 nitrogen and oxygen atoms in total. The van der Waals surface area contributed by atoms with Crippen LogP contribution in [0.25, 0.3) is 11.0 Å². The van der Waals surface area contributed by atoms with Crippen molar-refractivity contribution >= 4 is 22.8 Å². The molecule has 2 rings (SSSR count). The molecule has 1 aromatic carbocycles. The Kier molecular flexibility index (Phi) is 4.66. The molecule has 4 heteroatoms. The van der Waals surface area contributed by atoms with Crippen molar-refractivity contribution in [3.63, 3.8) is 0 Å². The fourth-order valence-corrected chi connectivity index (χ4v) is 2.52. The minimum absolute atomic E-state index is 0.601. The summed E-state index contributed by atoms with van der Waals surface area (Å²) in [4.78, 5) is 7.93. The van der Waals surface area contributed by atoms with Crippen molar-refractivity contribution in [3.05, 3.63) is 23.8 Å². The summed E-state index contributed by atoms with van der Waals surface area (Å²) in [6.07, 6.45) is 1.18. The first-order valence-electron chi connectivity index (χ1n) is 6.51. The van der Waals surface area contributed by atoms with Crippen LogP contribution in [0.3, 0.4) is 0 Å². The number of imidazole rings is 1. The minimum Gasteiger partial charge on any atom is -0.333 e. The van der Waals surface area contributed by atoms with Crippen LogP contribution in [-0.2, 0) is 0 Å². The van der Waals surface area contributed by atoms with E-state index in [2.05, 4.69) is 54.3 Å². The molecular weight excluding hydrogens is 242 g/mol. The molecule has 2 aromatic rings. The SMILES string of the molecule is CCC(C)NCCSc1nc2ccc(C)cc2[nH]1. The molecule has 0 aliphatic carbocycles. The van der Waals surface area contributed by atoms with Crippen LogP contribution in [0.4, 0.5) is 0 Å². The third-order valence-corrected chi connectivity index (χ3v) is 3.94. The van der Waals surface area contributed by atoms with E-state index in [1.807, 2.05) is 0 Å². The molecule has 1 unspecified atom stereocenters. The molecule has 0 aliphatic rings. The third kappa shape index (κ3) is 3.50. The maximum Gasteiger partial charge on any atom is 0.166 e. The number of rotatable bonds is 6. The Morgan fingerprint density at radius 3 is 3.06 bits per heavy atom. The molecule has 1 heterocycles. The number of nitrogens with zero attached hydrogens (tertiary/aromatic N) is 1. The normalized spacial score (nSPS) is 13.1. The van der Waals surface area contributed by atoms with Gasteiger partial charge in [-0.1, -0.05) is 24.8 Å². The predicted octanol–water partition coefficient (Wildman–Crippen LogP) is 3.35. The van der Waals surface area contributed by atoms with E-state index >= 15 is 0 Å². The topological polar surface area (TPSA) is 40.7 Å². The van der Waals surface area contributed by atoms with E-state index in [0.29, 0.717) is 6.04 Å². The zero-order chi connectivity index (χ0) is 13.0. The van der Waals surface area contributed by atoms with Gasteiger partial charge in [-0.15, -0.1) is 0 Å². The lowest BCUT2D eigenvalue weighted by Gasteiger charge is -2.09. The van der Waals surface area contributed by atoms with Gasteiger partial charge >= 0.3 is 0 Å². The number of thioether (sulfide) groups is 1. The van der Waals surface area contributed by atoms with Gasteiger partial charge < -0.3 is 10.3 Å². The number of aromatic amines is 1. The fourth-order valence-electron chi connectivity index (χ4n) is 1.77. The molecule has 0 fully saturated rings. The number of aromatic nitrogens is 2. The molecule has 2 N–H and O–H groups in total. The third-order valence-electron chi connectivity index (χ3n) is 3.06. The summed E-state index contributed by atoms with van der Waals surface area (Å²) in [5.41, 5.74) is 3.45. The summed E-state index contributed by atoms with van der Waals surface area (Å²) in [6, 6.07) is 6.91. The van der Waals surface area contributed by atoms with Gasteiger partial charge in [0.1, 0.15) is 0 Å². The molecule has 18 heavy (non-hydrogen) atoms. The maximum atomic E-state index is 4.57. The van der Waals surface area contributed by atoms with E-state index in [1.165, 1.54) is 12.0 Å². The van der Waals surface area contributed by atoms with Gasteiger partial charge in [0.2, 0.25) is 0 Å². The van der Waals surface area contributed by atoms with Crippen molar-refractivity contribution in [2.45, 2.75) is 38.4 Å². The molecule has 0 amide bonds. The van der Waals surface area contributed by atoms with Gasteiger partial charge in [0.15, 0.2) is 5.16 Å². The number of H-pyrrole nitrogens is 1. The van der Waals surface area contributed by atoms with Crippen molar-refractivity contribution in [2.75, 3.05) is 12.3 Å². The highest BCUT2D eigenvalue weighted by Crippen LogP contribution is 2.19. The molecule has 0 radical (unpaired) electrons. The van der Waals surface area contributed by atoms with Crippen molar-refractivity contribution < 1.29 is 0 Å². The highest BCUT2D eigenvalue weighted by atomic mass is 32.2. The van der Waals surface area contributed by atoms with Crippen molar-refractivity contribution in [1.82, 2.24) is 15.3 Å². The number of aryl methyl sites for hydroxylation is 1. The van der Waals surface area contributed by atoms with E-state index in [0.717, 1.165) is 28.5 Å². The summed E-state index contributed by atoms with van der Waals surface area (Å²) in [7, 11) is 0. The molecular formula is C14H21N3S. The molecule has 1 aromatic heterocycles. The van der Waals surface area contributed by atoms with Crippen LogP contribution in [0.15, 0.2) is 23.4 Å². The Hall–Kier alpha value is -1.00. The highest BCUT2D eigenvalue weighted by Gasteiger charge is 2.03. The lowest BCUT2D eigenvalue weighted by molar-refractivity contribution is 0.555. The van der Waals surface area contributed by atoms with E-state index in [1.54, 1.807) is 11.8 Å². The average Bonchev–Trinajstić information content (AvgIpc) is 2.76. The van der Waals surface area contributed by atoms with Crippen LogP contribution in [-0.4, -0.2) is 28.3 Å². The fraction of sp³-hybridized carbons (Fsp3) is 0.500. The summed E-state index contributed by atoms with van der Waals surface area (Å²) in [6.45, 7) is 7.54. The first-order chi connectivity index (χ1) is 8.69. The summed E-state index contributed by atoms with van der Waals surface area (Å²) >= 11 is 1.78. The van der Waals surface area contributed by atoms with Gasteiger partial charge in [-0.3, -0.25) is 0 Å². The van der Waals surface area contributed by atoms with Gasteiger partial charge in [-0.25, -0.2) is 4.98 Å². The molecule has 0 aliphatic heterocycles. The van der Waals surface area contributed by atoms with Gasteiger partial charge in [0.05, 0.1) is 11.0 Å². The molecule has 1 atom stereocenters. The standard InChI is InChI=1S/C14H21N3S/c1-4-11(3)15-7-8-18-14-16-12-6-5-10(2)9-13(12)17-14/h5-6,9,11,15H,4,7-8H2,1-3H3,(H,16,17). The molecule has 0 saturated carbocycles. The number of hydrogen-bond donors (Lipinski definition) is 2. The van der Waals surface area contributed by atoms with Crippen LogP contribution >= 0.6 is 11.8 Å². The lowest BCUT2D eigenvalue weighted by atomic mass is 10.2. The molecule has 0 bridgehead atoms. The lowest BCUT2D eigenvalue weighted by Crippen LogP contribution is -2.27. The summed E-state index contributed by atoms with van der Waals surface area (Å²) in [5, 5.41) is 4.50. The number of fused-ring (bicyclic) bond motifs is 1. The van der Waals surface area contributed by atoms with Gasteiger partial charge in [0.25, 0.3) is 0 Å². The number of nitrogens with one attached hydrogen (secondary N) is 2. The van der Waals surface area contributed by atoms with Crippen LogP contribution < -0.4 is 5.32 Å². The van der Waals surface area contributed by atoms with Crippen molar-refractivity contribution in [3.8, 4) is 0 Å². The molecule has 0 saturated heterocycles. The maximum absolute atomic E-state index is 4.57. The van der Waals surface area contributed by atoms with Gasteiger partial charge in [0, 0.05) is 18.3 Å². The minimum atomic E-state index is 0.601. The van der Waals surface area contributed by atoms with Crippen LogP contribution in [0.2, 0.25) is 0 Å². The average molecular weight is 263 g/mol. The summed E-state index contributed by atoms with van der Waals surface area (Å²) < 4.78 is 0. The van der Waals surface area contributed by atoms with Crippen molar-refractivity contribution in [1.29, 1.82) is 0 Å². The Bertz CT molecular complexity index is 507. The second kappa shape index (κ2) is 6.25. The first-order valence-corrected chi connectivity index (χ1v) is 7.50. The molecule has 98 valence electrons. The van der Waals surface area contributed by atoms with E-state index in [4.69, 9.17) is 0 Å².